The van der Waals surface area contributed by atoms with E-state index in [1.165, 1.54) is 32.1 Å². The molecule has 0 bridgehead atoms. The predicted octanol–water partition coefficient (Wildman–Crippen LogP) is 2.07. The minimum absolute atomic E-state index is 0.255. The molecule has 98 valence electrons. The van der Waals surface area contributed by atoms with Crippen LogP contribution in [0.2, 0.25) is 0 Å². The smallest absolute Gasteiger partial charge is 0.220 e. The fourth-order valence-electron chi connectivity index (χ4n) is 3.12. The highest BCUT2D eigenvalue weighted by Crippen LogP contribution is 2.34. The van der Waals surface area contributed by atoms with Crippen molar-refractivity contribution in [3.63, 3.8) is 0 Å². The number of nitrogens with one attached hydrogen (secondary N) is 2. The number of carbonyl (C=O) groups excluding carboxylic acids is 1. The van der Waals surface area contributed by atoms with E-state index in [1.807, 2.05) is 0 Å². The van der Waals surface area contributed by atoms with Crippen molar-refractivity contribution in [2.24, 2.45) is 11.3 Å². The van der Waals surface area contributed by atoms with Gasteiger partial charge in [0, 0.05) is 13.0 Å². The number of hydrogen-bond acceptors (Lipinski definition) is 2. The maximum Gasteiger partial charge on any atom is 0.220 e. The average Bonchev–Trinajstić information content (AvgIpc) is 2.80. The quantitative estimate of drug-likeness (QED) is 0.787. The van der Waals surface area contributed by atoms with Crippen molar-refractivity contribution in [2.45, 2.75) is 51.9 Å². The molecule has 3 heteroatoms. The first-order valence-corrected chi connectivity index (χ1v) is 7.15. The molecule has 17 heavy (non-hydrogen) atoms. The van der Waals surface area contributed by atoms with Crippen LogP contribution in [0.15, 0.2) is 0 Å². The van der Waals surface area contributed by atoms with Crippen molar-refractivity contribution in [3.8, 4) is 0 Å². The summed E-state index contributed by atoms with van der Waals surface area (Å²) >= 11 is 0. The van der Waals surface area contributed by atoms with Gasteiger partial charge in [-0.3, -0.25) is 4.79 Å². The lowest BCUT2D eigenvalue weighted by molar-refractivity contribution is -0.122. The Kier molecular flexibility index (Phi) is 4.43. The Morgan fingerprint density at radius 3 is 2.76 bits per heavy atom. The minimum atomic E-state index is 0.255. The van der Waals surface area contributed by atoms with Crippen LogP contribution in [0.25, 0.3) is 0 Å². The summed E-state index contributed by atoms with van der Waals surface area (Å²) < 4.78 is 0. The lowest BCUT2D eigenvalue weighted by Gasteiger charge is -2.33. The number of amides is 1. The summed E-state index contributed by atoms with van der Waals surface area (Å²) in [4.78, 5) is 11.8. The first kappa shape index (κ1) is 12.9. The Morgan fingerprint density at radius 2 is 2.12 bits per heavy atom. The van der Waals surface area contributed by atoms with Crippen LogP contribution in [0.4, 0.5) is 0 Å². The van der Waals surface area contributed by atoms with Gasteiger partial charge in [0.2, 0.25) is 5.91 Å². The first-order valence-electron chi connectivity index (χ1n) is 7.15. The second-order valence-corrected chi connectivity index (χ2v) is 6.21. The monoisotopic (exact) mass is 238 g/mol. The fraction of sp³-hybridized carbons (Fsp3) is 0.929. The average molecular weight is 238 g/mol. The van der Waals surface area contributed by atoms with Gasteiger partial charge in [0.1, 0.15) is 0 Å². The topological polar surface area (TPSA) is 41.1 Å². The SMILES string of the molecule is CC1(CNC(=O)CC2CCNC2)CCCCC1. The molecule has 1 amide bonds. The highest BCUT2D eigenvalue weighted by Gasteiger charge is 2.27. The first-order chi connectivity index (χ1) is 8.18. The molecule has 0 radical (unpaired) electrons. The van der Waals surface area contributed by atoms with Gasteiger partial charge in [-0.15, -0.1) is 0 Å². The normalized spacial score (nSPS) is 27.9. The van der Waals surface area contributed by atoms with Crippen LogP contribution in [-0.4, -0.2) is 25.5 Å². The van der Waals surface area contributed by atoms with E-state index in [9.17, 15) is 4.79 Å². The Morgan fingerprint density at radius 1 is 1.35 bits per heavy atom. The highest BCUT2D eigenvalue weighted by atomic mass is 16.1. The van der Waals surface area contributed by atoms with Crippen molar-refractivity contribution in [1.29, 1.82) is 0 Å². The molecule has 1 unspecified atom stereocenters. The second-order valence-electron chi connectivity index (χ2n) is 6.21. The molecule has 0 aromatic carbocycles. The molecule has 1 saturated heterocycles. The maximum absolute atomic E-state index is 11.8. The standard InChI is InChI=1S/C14H26N2O/c1-14(6-3-2-4-7-14)11-16-13(17)9-12-5-8-15-10-12/h12,15H,2-11H2,1H3,(H,16,17). The molecule has 2 N–H and O–H groups in total. The molecule has 1 atom stereocenters. The number of rotatable bonds is 4. The van der Waals surface area contributed by atoms with Gasteiger partial charge in [-0.2, -0.15) is 0 Å². The van der Waals surface area contributed by atoms with E-state index in [0.29, 0.717) is 17.8 Å². The van der Waals surface area contributed by atoms with Crippen LogP contribution >= 0.6 is 0 Å². The van der Waals surface area contributed by atoms with E-state index >= 15 is 0 Å². The van der Waals surface area contributed by atoms with Gasteiger partial charge in [-0.05, 0) is 43.7 Å². The van der Waals surface area contributed by atoms with E-state index < -0.39 is 0 Å². The molecular formula is C14H26N2O. The summed E-state index contributed by atoms with van der Waals surface area (Å²) in [6.07, 6.45) is 8.46. The van der Waals surface area contributed by atoms with Gasteiger partial charge in [-0.1, -0.05) is 26.2 Å². The highest BCUT2D eigenvalue weighted by molar-refractivity contribution is 5.76. The maximum atomic E-state index is 11.8. The van der Waals surface area contributed by atoms with Gasteiger partial charge >= 0.3 is 0 Å². The third-order valence-corrected chi connectivity index (χ3v) is 4.41. The van der Waals surface area contributed by atoms with Gasteiger partial charge in [-0.25, -0.2) is 0 Å². The molecule has 1 saturated carbocycles. The molecule has 2 aliphatic rings. The molecule has 1 aliphatic carbocycles. The van der Waals surface area contributed by atoms with E-state index in [-0.39, 0.29) is 5.91 Å². The summed E-state index contributed by atoms with van der Waals surface area (Å²) in [5.74, 6) is 0.819. The fourth-order valence-corrected chi connectivity index (χ4v) is 3.12. The van der Waals surface area contributed by atoms with Gasteiger partial charge in [0.15, 0.2) is 0 Å². The largest absolute Gasteiger partial charge is 0.356 e. The Labute approximate surface area is 105 Å². The van der Waals surface area contributed by atoms with Gasteiger partial charge in [0.05, 0.1) is 0 Å². The Hall–Kier alpha value is -0.570. The van der Waals surface area contributed by atoms with Crippen LogP contribution in [0, 0.1) is 11.3 Å². The third kappa shape index (κ3) is 3.98. The Balaban J connectivity index is 1.67. The zero-order chi connectivity index (χ0) is 12.1. The van der Waals surface area contributed by atoms with Crippen molar-refractivity contribution in [3.05, 3.63) is 0 Å². The van der Waals surface area contributed by atoms with Crippen LogP contribution in [0.5, 0.6) is 0 Å². The number of hydrogen-bond donors (Lipinski definition) is 2. The van der Waals surface area contributed by atoms with Gasteiger partial charge < -0.3 is 10.6 Å². The molecule has 2 rings (SSSR count). The lowest BCUT2D eigenvalue weighted by Crippen LogP contribution is -2.37. The Bertz CT molecular complexity index is 253. The second kappa shape index (κ2) is 5.85. The van der Waals surface area contributed by atoms with Crippen LogP contribution in [0.1, 0.15) is 51.9 Å². The molecule has 0 aromatic rings. The summed E-state index contributed by atoms with van der Waals surface area (Å²) in [6, 6.07) is 0. The summed E-state index contributed by atoms with van der Waals surface area (Å²) in [7, 11) is 0. The van der Waals surface area contributed by atoms with Crippen molar-refractivity contribution in [1.82, 2.24) is 10.6 Å². The molecule has 2 fully saturated rings. The third-order valence-electron chi connectivity index (χ3n) is 4.41. The van der Waals surface area contributed by atoms with Crippen molar-refractivity contribution in [2.75, 3.05) is 19.6 Å². The zero-order valence-corrected chi connectivity index (χ0v) is 11.1. The van der Waals surface area contributed by atoms with Crippen molar-refractivity contribution >= 4 is 5.91 Å². The van der Waals surface area contributed by atoms with E-state index in [2.05, 4.69) is 17.6 Å². The summed E-state index contributed by atoms with van der Waals surface area (Å²) in [6.45, 7) is 5.30. The molecular weight excluding hydrogens is 212 g/mol. The van der Waals surface area contributed by atoms with Crippen molar-refractivity contribution < 1.29 is 4.79 Å². The van der Waals surface area contributed by atoms with E-state index in [4.69, 9.17) is 0 Å². The van der Waals surface area contributed by atoms with E-state index in [1.54, 1.807) is 0 Å². The molecule has 3 nitrogen and oxygen atoms in total. The van der Waals surface area contributed by atoms with Crippen LogP contribution in [-0.2, 0) is 4.79 Å². The molecule has 0 spiro atoms. The minimum Gasteiger partial charge on any atom is -0.356 e. The summed E-state index contributed by atoms with van der Waals surface area (Å²) in [5, 5.41) is 6.46. The van der Waals surface area contributed by atoms with Gasteiger partial charge in [0.25, 0.3) is 0 Å². The number of carbonyl (C=O) groups is 1. The lowest BCUT2D eigenvalue weighted by atomic mass is 9.76. The van der Waals surface area contributed by atoms with Crippen LogP contribution < -0.4 is 10.6 Å². The van der Waals surface area contributed by atoms with E-state index in [0.717, 1.165) is 26.1 Å². The molecule has 1 heterocycles. The molecule has 0 aromatic heterocycles. The summed E-state index contributed by atoms with van der Waals surface area (Å²) in [5.41, 5.74) is 0.363. The van der Waals surface area contributed by atoms with Crippen LogP contribution in [0.3, 0.4) is 0 Å². The predicted molar refractivity (Wildman–Crippen MR) is 69.8 cm³/mol. The molecule has 1 aliphatic heterocycles. The zero-order valence-electron chi connectivity index (χ0n) is 11.1.